The Labute approximate surface area is 141 Å². The zero-order chi connectivity index (χ0) is 17.2. The number of ketones is 1. The maximum Gasteiger partial charge on any atom is 0.586 e. The standard InChI is InChI=1S/C19H13F2NO3/c20-19(21)24-15-6-5-12(10-16(15)25-19)18(7-8-18)17(23)14-9-11-3-1-2-4-13(11)22-14/h1-6,9-10,22H,7-8H2. The predicted molar refractivity (Wildman–Crippen MR) is 86.2 cm³/mol. The van der Waals surface area contributed by atoms with Crippen LogP contribution in [0.15, 0.2) is 48.5 Å². The van der Waals surface area contributed by atoms with Gasteiger partial charge in [-0.3, -0.25) is 4.79 Å². The third-order valence-electron chi connectivity index (χ3n) is 4.91. The third-order valence-corrected chi connectivity index (χ3v) is 4.91. The van der Waals surface area contributed by atoms with Gasteiger partial charge in [0.1, 0.15) is 0 Å². The number of ether oxygens (including phenoxy) is 2. The predicted octanol–water partition coefficient (Wildman–Crippen LogP) is 4.40. The average molecular weight is 341 g/mol. The summed E-state index contributed by atoms with van der Waals surface area (Å²) in [5.41, 5.74) is 1.42. The molecule has 0 saturated heterocycles. The lowest BCUT2D eigenvalue weighted by Gasteiger charge is -2.14. The van der Waals surface area contributed by atoms with Crippen molar-refractivity contribution in [2.75, 3.05) is 0 Å². The number of aromatic amines is 1. The molecule has 0 bridgehead atoms. The Morgan fingerprint density at radius 1 is 1.00 bits per heavy atom. The zero-order valence-corrected chi connectivity index (χ0v) is 13.0. The molecule has 1 aliphatic carbocycles. The van der Waals surface area contributed by atoms with E-state index in [1.165, 1.54) is 12.1 Å². The molecule has 4 nitrogen and oxygen atoms in total. The lowest BCUT2D eigenvalue weighted by atomic mass is 9.89. The van der Waals surface area contributed by atoms with Crippen LogP contribution in [0.25, 0.3) is 10.9 Å². The highest BCUT2D eigenvalue weighted by Crippen LogP contribution is 2.53. The lowest BCUT2D eigenvalue weighted by molar-refractivity contribution is -0.286. The number of carbonyl (C=O) groups is 1. The second-order valence-corrected chi connectivity index (χ2v) is 6.51. The molecule has 1 saturated carbocycles. The summed E-state index contributed by atoms with van der Waals surface area (Å²) in [6.45, 7) is 0. The minimum Gasteiger partial charge on any atom is -0.395 e. The van der Waals surface area contributed by atoms with E-state index >= 15 is 0 Å². The van der Waals surface area contributed by atoms with E-state index in [9.17, 15) is 13.6 Å². The van der Waals surface area contributed by atoms with Gasteiger partial charge in [0.2, 0.25) is 0 Å². The molecule has 6 heteroatoms. The highest BCUT2D eigenvalue weighted by atomic mass is 19.3. The summed E-state index contributed by atoms with van der Waals surface area (Å²) < 4.78 is 35.3. The van der Waals surface area contributed by atoms with Crippen molar-refractivity contribution in [3.05, 3.63) is 59.8 Å². The summed E-state index contributed by atoms with van der Waals surface area (Å²) in [6, 6.07) is 14.1. The number of fused-ring (bicyclic) bond motifs is 2. The molecule has 1 aromatic heterocycles. The van der Waals surface area contributed by atoms with Crippen molar-refractivity contribution in [1.29, 1.82) is 0 Å². The number of Topliss-reactive ketones (excluding diaryl/α,β-unsaturated/α-hetero) is 1. The number of carbonyl (C=O) groups excluding carboxylic acids is 1. The van der Waals surface area contributed by atoms with Crippen molar-refractivity contribution in [3.63, 3.8) is 0 Å². The van der Waals surface area contributed by atoms with Crippen LogP contribution in [0.1, 0.15) is 28.9 Å². The number of aromatic nitrogens is 1. The third kappa shape index (κ3) is 2.13. The summed E-state index contributed by atoms with van der Waals surface area (Å²) in [6.07, 6.45) is -2.30. The van der Waals surface area contributed by atoms with Crippen molar-refractivity contribution >= 4 is 16.7 Å². The van der Waals surface area contributed by atoms with Crippen LogP contribution in [-0.2, 0) is 5.41 Å². The van der Waals surface area contributed by atoms with Crippen LogP contribution in [0.5, 0.6) is 11.5 Å². The van der Waals surface area contributed by atoms with E-state index in [2.05, 4.69) is 14.5 Å². The summed E-state index contributed by atoms with van der Waals surface area (Å²) in [5.74, 6) is -0.0739. The molecular weight excluding hydrogens is 328 g/mol. The minimum atomic E-state index is -3.65. The van der Waals surface area contributed by atoms with Gasteiger partial charge in [-0.15, -0.1) is 8.78 Å². The normalized spacial score (nSPS) is 19.1. The second kappa shape index (κ2) is 4.59. The largest absolute Gasteiger partial charge is 0.586 e. The van der Waals surface area contributed by atoms with Gasteiger partial charge < -0.3 is 14.5 Å². The Morgan fingerprint density at radius 2 is 1.76 bits per heavy atom. The number of alkyl halides is 2. The van der Waals surface area contributed by atoms with Crippen molar-refractivity contribution in [1.82, 2.24) is 4.98 Å². The van der Waals surface area contributed by atoms with Crippen molar-refractivity contribution in [3.8, 4) is 11.5 Å². The topological polar surface area (TPSA) is 51.3 Å². The molecule has 3 aromatic rings. The van der Waals surface area contributed by atoms with E-state index < -0.39 is 11.7 Å². The average Bonchev–Trinajstić information content (AvgIpc) is 3.17. The SMILES string of the molecule is O=C(c1cc2ccccc2[nH]1)C1(c2ccc3c(c2)OC(F)(F)O3)CC1. The molecule has 2 aliphatic rings. The maximum absolute atomic E-state index is 13.2. The molecule has 5 rings (SSSR count). The van der Waals surface area contributed by atoms with Crippen LogP contribution in [0.2, 0.25) is 0 Å². The smallest absolute Gasteiger partial charge is 0.395 e. The van der Waals surface area contributed by atoms with Crippen LogP contribution in [0.3, 0.4) is 0 Å². The molecule has 25 heavy (non-hydrogen) atoms. The first kappa shape index (κ1) is 14.5. The van der Waals surface area contributed by atoms with Crippen molar-refractivity contribution in [2.24, 2.45) is 0 Å². The van der Waals surface area contributed by atoms with E-state index in [4.69, 9.17) is 0 Å². The first-order chi connectivity index (χ1) is 12.0. The first-order valence-corrected chi connectivity index (χ1v) is 8.00. The van der Waals surface area contributed by atoms with Crippen LogP contribution in [0.4, 0.5) is 8.78 Å². The van der Waals surface area contributed by atoms with Gasteiger partial charge in [-0.05, 0) is 42.7 Å². The number of nitrogens with one attached hydrogen (secondary N) is 1. The van der Waals surface area contributed by atoms with Gasteiger partial charge in [-0.25, -0.2) is 0 Å². The van der Waals surface area contributed by atoms with E-state index in [-0.39, 0.29) is 17.3 Å². The molecule has 0 spiro atoms. The molecule has 126 valence electrons. The van der Waals surface area contributed by atoms with Crippen LogP contribution in [0, 0.1) is 0 Å². The van der Waals surface area contributed by atoms with E-state index in [0.29, 0.717) is 24.1 Å². The van der Waals surface area contributed by atoms with Crippen LogP contribution < -0.4 is 9.47 Å². The van der Waals surface area contributed by atoms with Gasteiger partial charge in [-0.2, -0.15) is 0 Å². The molecule has 0 radical (unpaired) electrons. The maximum atomic E-state index is 13.2. The zero-order valence-electron chi connectivity index (χ0n) is 13.0. The molecule has 1 aliphatic heterocycles. The summed E-state index contributed by atoms with van der Waals surface area (Å²) >= 11 is 0. The Balaban J connectivity index is 1.52. The molecule has 0 amide bonds. The summed E-state index contributed by atoms with van der Waals surface area (Å²) in [5, 5.41) is 0.965. The number of hydrogen-bond acceptors (Lipinski definition) is 3. The lowest BCUT2D eigenvalue weighted by Crippen LogP contribution is -2.26. The fourth-order valence-corrected chi connectivity index (χ4v) is 3.47. The minimum absolute atomic E-state index is 0.0115. The van der Waals surface area contributed by atoms with E-state index in [1.807, 2.05) is 30.3 Å². The molecule has 2 aromatic carbocycles. The number of benzene rings is 2. The summed E-state index contributed by atoms with van der Waals surface area (Å²) in [7, 11) is 0. The van der Waals surface area contributed by atoms with Crippen molar-refractivity contribution < 1.29 is 23.0 Å². The molecule has 0 atom stereocenters. The van der Waals surface area contributed by atoms with Crippen LogP contribution >= 0.6 is 0 Å². The Bertz CT molecular complexity index is 987. The number of para-hydroxylation sites is 1. The molecular formula is C19H13F2NO3. The molecule has 2 heterocycles. The quantitative estimate of drug-likeness (QED) is 0.718. The Hall–Kier alpha value is -2.89. The van der Waals surface area contributed by atoms with E-state index in [1.54, 1.807) is 6.07 Å². The molecule has 1 fully saturated rings. The van der Waals surface area contributed by atoms with Gasteiger partial charge >= 0.3 is 6.29 Å². The van der Waals surface area contributed by atoms with Gasteiger partial charge in [0.25, 0.3) is 0 Å². The van der Waals surface area contributed by atoms with Gasteiger partial charge in [-0.1, -0.05) is 24.3 Å². The monoisotopic (exact) mass is 341 g/mol. The first-order valence-electron chi connectivity index (χ1n) is 8.00. The fraction of sp³-hybridized carbons (Fsp3) is 0.211. The van der Waals surface area contributed by atoms with Gasteiger partial charge in [0.05, 0.1) is 11.1 Å². The highest BCUT2D eigenvalue weighted by molar-refractivity contribution is 6.07. The van der Waals surface area contributed by atoms with Crippen LogP contribution in [-0.4, -0.2) is 17.1 Å². The number of rotatable bonds is 3. The second-order valence-electron chi connectivity index (χ2n) is 6.51. The fourth-order valence-electron chi connectivity index (χ4n) is 3.47. The molecule has 0 unspecified atom stereocenters. The number of halogens is 2. The number of H-pyrrole nitrogens is 1. The van der Waals surface area contributed by atoms with Gasteiger partial charge in [0, 0.05) is 10.9 Å². The van der Waals surface area contributed by atoms with Crippen molar-refractivity contribution in [2.45, 2.75) is 24.6 Å². The van der Waals surface area contributed by atoms with Gasteiger partial charge in [0.15, 0.2) is 17.3 Å². The highest BCUT2D eigenvalue weighted by Gasteiger charge is 2.53. The summed E-state index contributed by atoms with van der Waals surface area (Å²) in [4.78, 5) is 16.2. The number of hydrogen-bond donors (Lipinski definition) is 1. The molecule has 1 N–H and O–H groups in total. The van der Waals surface area contributed by atoms with E-state index in [0.717, 1.165) is 10.9 Å². The Morgan fingerprint density at radius 3 is 2.52 bits per heavy atom. The Kier molecular flexibility index (Phi) is 2.66.